The Labute approximate surface area is 364 Å². The number of phenols is 1. The van der Waals surface area contributed by atoms with Crippen LogP contribution in [0.2, 0.25) is 0 Å². The summed E-state index contributed by atoms with van der Waals surface area (Å²) >= 11 is 0. The van der Waals surface area contributed by atoms with Crippen molar-refractivity contribution >= 4 is 11.0 Å². The lowest BCUT2D eigenvalue weighted by Crippen LogP contribution is -2.12. The molecular formula is C57H51N3O. The van der Waals surface area contributed by atoms with E-state index in [4.69, 9.17) is 14.1 Å². The molecular weight excluding hydrogens is 743 g/mol. The van der Waals surface area contributed by atoms with Crippen LogP contribution in [-0.4, -0.2) is 19.6 Å². The predicted octanol–water partition coefficient (Wildman–Crippen LogP) is 15.0. The van der Waals surface area contributed by atoms with Gasteiger partial charge in [-0.25, -0.2) is 4.98 Å². The maximum atomic E-state index is 12.2. The molecule has 0 amide bonds. The fourth-order valence-electron chi connectivity index (χ4n) is 8.29. The normalized spacial score (nSPS) is 12.9. The van der Waals surface area contributed by atoms with Crippen molar-refractivity contribution in [1.29, 1.82) is 0 Å². The molecule has 4 heteroatoms. The van der Waals surface area contributed by atoms with Crippen molar-refractivity contribution in [3.63, 3.8) is 0 Å². The molecule has 4 nitrogen and oxygen atoms in total. The minimum absolute atomic E-state index is 0.0888. The summed E-state index contributed by atoms with van der Waals surface area (Å²) in [4.78, 5) is 10.4. The summed E-state index contributed by atoms with van der Waals surface area (Å²) in [6.45, 7) is 10.9. The van der Waals surface area contributed by atoms with E-state index in [0.29, 0.717) is 17.0 Å². The second-order valence-electron chi connectivity index (χ2n) is 17.9. The first-order chi connectivity index (χ1) is 30.5. The molecule has 0 atom stereocenters. The van der Waals surface area contributed by atoms with Gasteiger partial charge in [-0.15, -0.1) is 0 Å². The molecule has 7 aromatic carbocycles. The van der Waals surface area contributed by atoms with Crippen LogP contribution in [0, 0.1) is 6.85 Å². The minimum Gasteiger partial charge on any atom is -0.507 e. The van der Waals surface area contributed by atoms with E-state index >= 15 is 0 Å². The topological polar surface area (TPSA) is 50.9 Å². The molecule has 0 unspecified atom stereocenters. The quantitative estimate of drug-likeness (QED) is 0.175. The van der Waals surface area contributed by atoms with Gasteiger partial charge < -0.3 is 5.11 Å². The Morgan fingerprint density at radius 1 is 0.508 bits per heavy atom. The molecule has 0 saturated carbocycles. The van der Waals surface area contributed by atoms with Gasteiger partial charge >= 0.3 is 0 Å². The van der Waals surface area contributed by atoms with Gasteiger partial charge in [0.25, 0.3) is 0 Å². The highest BCUT2D eigenvalue weighted by atomic mass is 16.3. The van der Waals surface area contributed by atoms with Gasteiger partial charge in [0.15, 0.2) is 0 Å². The van der Waals surface area contributed by atoms with E-state index in [0.717, 1.165) is 78.0 Å². The second-order valence-corrected chi connectivity index (χ2v) is 17.9. The van der Waals surface area contributed by atoms with E-state index in [1.807, 2.05) is 60.7 Å². The summed E-state index contributed by atoms with van der Waals surface area (Å²) in [5.74, 6) is 0.859. The smallest absolute Gasteiger partial charge is 0.149 e. The number of aromatic nitrogens is 3. The molecule has 61 heavy (non-hydrogen) atoms. The molecule has 2 heterocycles. The van der Waals surface area contributed by atoms with Crippen molar-refractivity contribution in [2.45, 2.75) is 59.2 Å². The number of pyridine rings is 1. The molecule has 0 aliphatic heterocycles. The molecule has 9 rings (SSSR count). The summed E-state index contributed by atoms with van der Waals surface area (Å²) < 4.78 is 25.8. The van der Waals surface area contributed by atoms with Gasteiger partial charge in [0, 0.05) is 27.0 Å². The molecule has 0 aliphatic carbocycles. The maximum absolute atomic E-state index is 12.2. The van der Waals surface area contributed by atoms with Crippen molar-refractivity contribution in [2.75, 3.05) is 0 Å². The van der Waals surface area contributed by atoms with Crippen LogP contribution in [0.1, 0.15) is 62.3 Å². The van der Waals surface area contributed by atoms with Crippen molar-refractivity contribution < 1.29 is 9.22 Å². The molecule has 0 fully saturated rings. The zero-order valence-corrected chi connectivity index (χ0v) is 35.5. The Hall–Kier alpha value is -7.04. The van der Waals surface area contributed by atoms with Crippen LogP contribution in [0.5, 0.6) is 5.75 Å². The van der Waals surface area contributed by atoms with E-state index in [1.54, 1.807) is 18.3 Å². The SMILES string of the molecule is [2H]C([2H])([2H])c1ccc(-c2ccnc(-c3cc(-c4ccccc4)cc(-c4cccc5c4nc(-c4cccc(C(C)(C)C)c4O)n5-c4ccc(C(C)(C)C)cc4-c4ccccc4)c3)c2)cc1. The van der Waals surface area contributed by atoms with Crippen molar-refractivity contribution in [3.05, 3.63) is 193 Å². The van der Waals surface area contributed by atoms with Crippen LogP contribution in [0.15, 0.2) is 176 Å². The molecule has 0 radical (unpaired) electrons. The van der Waals surface area contributed by atoms with Crippen LogP contribution in [-0.2, 0) is 10.8 Å². The molecule has 0 spiro atoms. The van der Waals surface area contributed by atoms with Gasteiger partial charge in [-0.05, 0) is 117 Å². The fourth-order valence-corrected chi connectivity index (χ4v) is 8.29. The predicted molar refractivity (Wildman–Crippen MR) is 255 cm³/mol. The van der Waals surface area contributed by atoms with Crippen LogP contribution in [0.4, 0.5) is 0 Å². The van der Waals surface area contributed by atoms with E-state index < -0.39 is 6.85 Å². The number of fused-ring (bicyclic) bond motifs is 1. The van der Waals surface area contributed by atoms with Crippen LogP contribution >= 0.6 is 0 Å². The largest absolute Gasteiger partial charge is 0.507 e. The van der Waals surface area contributed by atoms with Gasteiger partial charge in [0.1, 0.15) is 11.6 Å². The Bertz CT molecular complexity index is 3160. The number of phenolic OH excluding ortho intramolecular Hbond substituents is 1. The Morgan fingerprint density at radius 3 is 1.87 bits per heavy atom. The number of aryl methyl sites for hydroxylation is 1. The lowest BCUT2D eigenvalue weighted by molar-refractivity contribution is 0.448. The van der Waals surface area contributed by atoms with Gasteiger partial charge in [0.05, 0.1) is 28.0 Å². The summed E-state index contributed by atoms with van der Waals surface area (Å²) in [5.41, 5.74) is 15.0. The number of nitrogens with zero attached hydrogens (tertiary/aromatic N) is 3. The van der Waals surface area contributed by atoms with E-state index in [9.17, 15) is 5.11 Å². The second kappa shape index (κ2) is 15.5. The number of rotatable bonds is 7. The third-order valence-electron chi connectivity index (χ3n) is 11.6. The minimum atomic E-state index is -2.17. The Morgan fingerprint density at radius 2 is 1.16 bits per heavy atom. The standard InChI is InChI=1S/C57H51N3O/c1-37-24-26-39(27-25-37)41-30-31-58-50(35-41)44-33-42(38-16-10-8-11-17-38)32-43(34-44)46-20-15-23-52-53(46)59-55(47-21-14-22-49(54(47)61)57(5,6)7)60(52)51-29-28-45(56(2,3)4)36-48(51)40-18-12-9-13-19-40/h8-36,61H,1-7H3/i1D3. The van der Waals surface area contributed by atoms with Crippen LogP contribution < -0.4 is 0 Å². The number of aromatic hydroxyl groups is 1. The summed E-state index contributed by atoms with van der Waals surface area (Å²) in [6.07, 6.45) is 1.80. The molecule has 0 bridgehead atoms. The number of benzene rings is 7. The van der Waals surface area contributed by atoms with Crippen molar-refractivity contribution in [2.24, 2.45) is 0 Å². The lowest BCUT2D eigenvalue weighted by Gasteiger charge is -2.24. The van der Waals surface area contributed by atoms with E-state index in [2.05, 4.69) is 143 Å². The van der Waals surface area contributed by atoms with Gasteiger partial charge in [-0.3, -0.25) is 9.55 Å². The molecule has 1 N–H and O–H groups in total. The van der Waals surface area contributed by atoms with Gasteiger partial charge in [-0.2, -0.15) is 0 Å². The first-order valence-electron chi connectivity index (χ1n) is 22.4. The van der Waals surface area contributed by atoms with Crippen molar-refractivity contribution in [3.8, 4) is 78.6 Å². The monoisotopic (exact) mass is 796 g/mol. The van der Waals surface area contributed by atoms with E-state index in [1.165, 1.54) is 5.56 Å². The van der Waals surface area contributed by atoms with Crippen molar-refractivity contribution in [1.82, 2.24) is 14.5 Å². The van der Waals surface area contributed by atoms with E-state index in [-0.39, 0.29) is 16.6 Å². The molecule has 0 saturated heterocycles. The summed E-state index contributed by atoms with van der Waals surface area (Å²) in [7, 11) is 0. The Balaban J connectivity index is 1.30. The number of hydrogen-bond donors (Lipinski definition) is 1. The highest BCUT2D eigenvalue weighted by Crippen LogP contribution is 2.44. The molecule has 9 aromatic rings. The zero-order valence-electron chi connectivity index (χ0n) is 38.5. The summed E-state index contributed by atoms with van der Waals surface area (Å²) in [5, 5.41) is 12.2. The fraction of sp³-hybridized carbons (Fsp3) is 0.158. The highest BCUT2D eigenvalue weighted by Gasteiger charge is 2.27. The first kappa shape index (κ1) is 35.9. The maximum Gasteiger partial charge on any atom is 0.149 e. The molecule has 300 valence electrons. The van der Waals surface area contributed by atoms with Crippen LogP contribution in [0.3, 0.4) is 0 Å². The zero-order chi connectivity index (χ0) is 45.0. The molecule has 0 aliphatic rings. The summed E-state index contributed by atoms with van der Waals surface area (Å²) in [6, 6.07) is 57.5. The average molecular weight is 797 g/mol. The number of imidazole rings is 1. The molecule has 2 aromatic heterocycles. The lowest BCUT2D eigenvalue weighted by atomic mass is 9.84. The Kier molecular flexibility index (Phi) is 9.13. The van der Waals surface area contributed by atoms with Crippen LogP contribution in [0.25, 0.3) is 83.9 Å². The number of para-hydroxylation sites is 2. The average Bonchev–Trinajstić information content (AvgIpc) is 3.68. The first-order valence-corrected chi connectivity index (χ1v) is 20.9. The number of hydrogen-bond acceptors (Lipinski definition) is 3. The third kappa shape index (κ3) is 7.66. The van der Waals surface area contributed by atoms with Gasteiger partial charge in [0.2, 0.25) is 0 Å². The van der Waals surface area contributed by atoms with Gasteiger partial charge in [-0.1, -0.05) is 162 Å². The highest BCUT2D eigenvalue weighted by molar-refractivity contribution is 5.98. The third-order valence-corrected chi connectivity index (χ3v) is 11.6.